The maximum Gasteiger partial charge on any atom is 0.253 e. The van der Waals surface area contributed by atoms with Gasteiger partial charge in [-0.3, -0.25) is 4.79 Å². The predicted molar refractivity (Wildman–Crippen MR) is 87.6 cm³/mol. The van der Waals surface area contributed by atoms with Gasteiger partial charge in [-0.1, -0.05) is 0 Å². The molecule has 7 nitrogen and oxygen atoms in total. The van der Waals surface area contributed by atoms with Gasteiger partial charge in [0, 0.05) is 31.8 Å². The molecule has 1 aliphatic heterocycles. The van der Waals surface area contributed by atoms with Gasteiger partial charge in [-0.15, -0.1) is 0 Å². The van der Waals surface area contributed by atoms with Gasteiger partial charge in [-0.2, -0.15) is 5.26 Å². The van der Waals surface area contributed by atoms with Crippen LogP contribution >= 0.6 is 0 Å². The van der Waals surface area contributed by atoms with E-state index in [0.717, 1.165) is 12.8 Å². The van der Waals surface area contributed by atoms with Crippen LogP contribution in [0.25, 0.3) is 0 Å². The molecule has 0 saturated carbocycles. The highest BCUT2D eigenvalue weighted by molar-refractivity contribution is 7.89. The topological polar surface area (TPSA) is 111 Å². The molecule has 1 atom stereocenters. The molecule has 1 fully saturated rings. The average molecular weight is 351 g/mol. The molecule has 0 radical (unpaired) electrons. The first-order valence-electron chi connectivity index (χ1n) is 7.87. The van der Waals surface area contributed by atoms with Crippen molar-refractivity contribution in [3.8, 4) is 6.07 Å². The second kappa shape index (κ2) is 8.24. The van der Waals surface area contributed by atoms with Crippen LogP contribution in [-0.4, -0.2) is 50.6 Å². The van der Waals surface area contributed by atoms with Crippen LogP contribution in [0.15, 0.2) is 29.2 Å². The van der Waals surface area contributed by atoms with Crippen molar-refractivity contribution in [1.29, 1.82) is 5.26 Å². The van der Waals surface area contributed by atoms with Gasteiger partial charge in [0.2, 0.25) is 10.0 Å². The van der Waals surface area contributed by atoms with Crippen molar-refractivity contribution in [1.82, 2.24) is 9.62 Å². The smallest absolute Gasteiger partial charge is 0.253 e. The Morgan fingerprint density at radius 3 is 2.71 bits per heavy atom. The normalized spacial score (nSPS) is 18.2. The number of benzene rings is 1. The summed E-state index contributed by atoms with van der Waals surface area (Å²) in [4.78, 5) is 14.2. The molecule has 2 N–H and O–H groups in total. The van der Waals surface area contributed by atoms with E-state index in [1.807, 2.05) is 0 Å². The Kier molecular flexibility index (Phi) is 6.31. The Balaban J connectivity index is 2.06. The van der Waals surface area contributed by atoms with E-state index in [0.29, 0.717) is 25.1 Å². The SMILES string of the molecule is N#CC1CCCN(C(=O)c2ccc(S(=O)(=O)NCCCO)cc2)C1. The molecule has 0 aliphatic carbocycles. The molecular weight excluding hydrogens is 330 g/mol. The lowest BCUT2D eigenvalue weighted by Crippen LogP contribution is -2.39. The summed E-state index contributed by atoms with van der Waals surface area (Å²) in [6.07, 6.45) is 1.94. The summed E-state index contributed by atoms with van der Waals surface area (Å²) in [6, 6.07) is 7.94. The van der Waals surface area contributed by atoms with Crippen molar-refractivity contribution in [3.63, 3.8) is 0 Å². The van der Waals surface area contributed by atoms with Crippen LogP contribution in [0.4, 0.5) is 0 Å². The van der Waals surface area contributed by atoms with Crippen LogP contribution in [0.5, 0.6) is 0 Å². The fourth-order valence-corrected chi connectivity index (χ4v) is 3.67. The molecule has 1 unspecified atom stereocenters. The third-order valence-corrected chi connectivity index (χ3v) is 5.41. The number of aliphatic hydroxyl groups excluding tert-OH is 1. The monoisotopic (exact) mass is 351 g/mol. The Labute approximate surface area is 141 Å². The molecule has 24 heavy (non-hydrogen) atoms. The number of hydrogen-bond acceptors (Lipinski definition) is 5. The Morgan fingerprint density at radius 1 is 1.38 bits per heavy atom. The van der Waals surface area contributed by atoms with Gasteiger partial charge in [0.15, 0.2) is 0 Å². The van der Waals surface area contributed by atoms with Gasteiger partial charge in [0.1, 0.15) is 0 Å². The zero-order chi connectivity index (χ0) is 17.6. The standard InChI is InChI=1S/C16H21N3O4S/c17-11-13-3-1-9-19(12-13)16(21)14-4-6-15(7-5-14)24(22,23)18-8-2-10-20/h4-7,13,18,20H,1-3,8-10,12H2. The van der Waals surface area contributed by atoms with E-state index in [-0.39, 0.29) is 29.9 Å². The van der Waals surface area contributed by atoms with Crippen LogP contribution in [0.1, 0.15) is 29.6 Å². The average Bonchev–Trinajstić information content (AvgIpc) is 2.61. The van der Waals surface area contributed by atoms with E-state index >= 15 is 0 Å². The molecule has 0 spiro atoms. The van der Waals surface area contributed by atoms with Crippen molar-refractivity contribution in [2.75, 3.05) is 26.2 Å². The van der Waals surface area contributed by atoms with Gasteiger partial charge in [-0.05, 0) is 43.5 Å². The van der Waals surface area contributed by atoms with Crippen molar-refractivity contribution < 1.29 is 18.3 Å². The zero-order valence-electron chi connectivity index (χ0n) is 13.3. The summed E-state index contributed by atoms with van der Waals surface area (Å²) < 4.78 is 26.5. The fraction of sp³-hybridized carbons (Fsp3) is 0.500. The van der Waals surface area contributed by atoms with E-state index in [9.17, 15) is 13.2 Å². The summed E-state index contributed by atoms with van der Waals surface area (Å²) in [5.41, 5.74) is 0.405. The lowest BCUT2D eigenvalue weighted by atomic mass is 9.99. The van der Waals surface area contributed by atoms with Crippen molar-refractivity contribution in [3.05, 3.63) is 29.8 Å². The van der Waals surface area contributed by atoms with Gasteiger partial charge in [0.25, 0.3) is 5.91 Å². The number of nitrogens with one attached hydrogen (secondary N) is 1. The molecule has 1 heterocycles. The summed E-state index contributed by atoms with van der Waals surface area (Å²) in [5.74, 6) is -0.329. The minimum absolute atomic E-state index is 0.0746. The van der Waals surface area contributed by atoms with Crippen LogP contribution in [0.3, 0.4) is 0 Å². The van der Waals surface area contributed by atoms with Crippen molar-refractivity contribution in [2.24, 2.45) is 5.92 Å². The van der Waals surface area contributed by atoms with E-state index in [2.05, 4.69) is 10.8 Å². The molecule has 1 aromatic carbocycles. The third-order valence-electron chi connectivity index (χ3n) is 3.93. The molecule has 8 heteroatoms. The highest BCUT2D eigenvalue weighted by Gasteiger charge is 2.24. The third kappa shape index (κ3) is 4.54. The van der Waals surface area contributed by atoms with Gasteiger partial charge >= 0.3 is 0 Å². The molecular formula is C16H21N3O4S. The molecule has 0 aromatic heterocycles. The molecule has 1 amide bonds. The number of nitriles is 1. The second-order valence-corrected chi connectivity index (χ2v) is 7.49. The Bertz CT molecular complexity index is 710. The number of piperidine rings is 1. The molecule has 1 aliphatic rings. The zero-order valence-corrected chi connectivity index (χ0v) is 14.1. The number of hydrogen-bond donors (Lipinski definition) is 2. The van der Waals surface area contributed by atoms with Crippen LogP contribution < -0.4 is 4.72 Å². The van der Waals surface area contributed by atoms with Crippen LogP contribution in [0.2, 0.25) is 0 Å². The van der Waals surface area contributed by atoms with Gasteiger partial charge < -0.3 is 10.0 Å². The van der Waals surface area contributed by atoms with Crippen molar-refractivity contribution >= 4 is 15.9 Å². The first-order chi connectivity index (χ1) is 11.5. The number of aliphatic hydroxyl groups is 1. The quantitative estimate of drug-likeness (QED) is 0.734. The molecule has 130 valence electrons. The molecule has 0 bridgehead atoms. The number of sulfonamides is 1. The Hall–Kier alpha value is -1.95. The number of carbonyl (C=O) groups excluding carboxylic acids is 1. The van der Waals surface area contributed by atoms with Crippen LogP contribution in [-0.2, 0) is 10.0 Å². The second-order valence-electron chi connectivity index (χ2n) is 5.72. The van der Waals surface area contributed by atoms with E-state index in [1.54, 1.807) is 4.90 Å². The molecule has 1 aromatic rings. The lowest BCUT2D eigenvalue weighted by molar-refractivity contribution is 0.0698. The van der Waals surface area contributed by atoms with E-state index in [4.69, 9.17) is 10.4 Å². The lowest BCUT2D eigenvalue weighted by Gasteiger charge is -2.29. The predicted octanol–water partition coefficient (Wildman–Crippen LogP) is 0.723. The fourth-order valence-electron chi connectivity index (χ4n) is 2.60. The van der Waals surface area contributed by atoms with Gasteiger partial charge in [0.05, 0.1) is 16.9 Å². The van der Waals surface area contributed by atoms with E-state index < -0.39 is 10.0 Å². The highest BCUT2D eigenvalue weighted by Crippen LogP contribution is 2.19. The molecule has 1 saturated heterocycles. The number of rotatable bonds is 6. The summed E-state index contributed by atoms with van der Waals surface area (Å²) in [5, 5.41) is 17.7. The summed E-state index contributed by atoms with van der Waals surface area (Å²) in [6.45, 7) is 1.09. The van der Waals surface area contributed by atoms with Crippen LogP contribution in [0, 0.1) is 17.2 Å². The maximum absolute atomic E-state index is 12.5. The van der Waals surface area contributed by atoms with Gasteiger partial charge in [-0.25, -0.2) is 13.1 Å². The highest BCUT2D eigenvalue weighted by atomic mass is 32.2. The minimum Gasteiger partial charge on any atom is -0.396 e. The summed E-state index contributed by atoms with van der Waals surface area (Å²) in [7, 11) is -3.64. The number of amides is 1. The minimum atomic E-state index is -3.64. The number of nitrogens with zero attached hydrogens (tertiary/aromatic N) is 2. The maximum atomic E-state index is 12.5. The largest absolute Gasteiger partial charge is 0.396 e. The number of carbonyl (C=O) groups is 1. The first kappa shape index (κ1) is 18.4. The van der Waals surface area contributed by atoms with Crippen molar-refractivity contribution in [2.45, 2.75) is 24.2 Å². The molecule has 2 rings (SSSR count). The van der Waals surface area contributed by atoms with E-state index in [1.165, 1.54) is 24.3 Å². The first-order valence-corrected chi connectivity index (χ1v) is 9.35. The number of likely N-dealkylation sites (tertiary alicyclic amines) is 1. The Morgan fingerprint density at radius 2 is 2.08 bits per heavy atom. The summed E-state index contributed by atoms with van der Waals surface area (Å²) >= 11 is 0.